The molecule has 0 heterocycles. The average molecular weight is 344 g/mol. The summed E-state index contributed by atoms with van der Waals surface area (Å²) in [5.74, 6) is 0.678. The first-order valence-electron chi connectivity index (χ1n) is 7.35. The van der Waals surface area contributed by atoms with Crippen molar-refractivity contribution in [1.82, 2.24) is 5.32 Å². The van der Waals surface area contributed by atoms with Gasteiger partial charge in [0.05, 0.1) is 19.8 Å². The third kappa shape index (κ3) is 4.45. The van der Waals surface area contributed by atoms with Gasteiger partial charge < -0.3 is 14.8 Å². The molecule has 0 aliphatic carbocycles. The fraction of sp³-hybridized carbons (Fsp3) is 0.222. The second-order valence-electron chi connectivity index (χ2n) is 5.35. The molecule has 2 rings (SSSR count). The van der Waals surface area contributed by atoms with Crippen LogP contribution >= 0.6 is 12.2 Å². The average Bonchev–Trinajstić information content (AvgIpc) is 2.52. The molecule has 0 spiro atoms. The lowest BCUT2D eigenvalue weighted by Crippen LogP contribution is -2.34. The van der Waals surface area contributed by atoms with Crippen LogP contribution in [-0.4, -0.2) is 25.2 Å². The second-order valence-corrected chi connectivity index (χ2v) is 5.76. The summed E-state index contributed by atoms with van der Waals surface area (Å²) in [6.45, 7) is 4.00. The molecule has 0 saturated carbocycles. The summed E-state index contributed by atoms with van der Waals surface area (Å²) in [6, 6.07) is 11.0. The third-order valence-electron chi connectivity index (χ3n) is 3.36. The monoisotopic (exact) mass is 344 g/mol. The van der Waals surface area contributed by atoms with Crippen molar-refractivity contribution in [2.75, 3.05) is 19.5 Å². The van der Waals surface area contributed by atoms with E-state index in [-0.39, 0.29) is 11.0 Å². The summed E-state index contributed by atoms with van der Waals surface area (Å²) in [6.07, 6.45) is 0. The van der Waals surface area contributed by atoms with E-state index in [1.165, 1.54) is 7.11 Å². The topological polar surface area (TPSA) is 59.6 Å². The summed E-state index contributed by atoms with van der Waals surface area (Å²) < 4.78 is 10.4. The van der Waals surface area contributed by atoms with Gasteiger partial charge in [-0.2, -0.15) is 0 Å². The minimum atomic E-state index is -0.351. The number of ether oxygens (including phenoxy) is 2. The maximum absolute atomic E-state index is 12.4. The minimum absolute atomic E-state index is 0.225. The first kappa shape index (κ1) is 17.7. The molecule has 2 aromatic rings. The van der Waals surface area contributed by atoms with Crippen molar-refractivity contribution in [3.05, 3.63) is 53.1 Å². The number of hydrogen-bond acceptors (Lipinski definition) is 4. The van der Waals surface area contributed by atoms with Crippen LogP contribution < -0.4 is 20.1 Å². The highest BCUT2D eigenvalue weighted by Crippen LogP contribution is 2.24. The molecule has 0 aromatic heterocycles. The molecule has 0 unspecified atom stereocenters. The molecule has 0 aliphatic rings. The number of aryl methyl sites for hydroxylation is 2. The van der Waals surface area contributed by atoms with Crippen LogP contribution in [0.2, 0.25) is 0 Å². The summed E-state index contributed by atoms with van der Waals surface area (Å²) in [5, 5.41) is 5.90. The number of benzene rings is 2. The molecular weight excluding hydrogens is 324 g/mol. The van der Waals surface area contributed by atoms with Crippen LogP contribution in [0.3, 0.4) is 0 Å². The maximum atomic E-state index is 12.4. The van der Waals surface area contributed by atoms with Crippen molar-refractivity contribution < 1.29 is 14.3 Å². The van der Waals surface area contributed by atoms with Gasteiger partial charge in [-0.05, 0) is 61.5 Å². The van der Waals surface area contributed by atoms with Gasteiger partial charge in [-0.15, -0.1) is 0 Å². The number of amides is 1. The predicted molar refractivity (Wildman–Crippen MR) is 99.1 cm³/mol. The fourth-order valence-corrected chi connectivity index (χ4v) is 2.58. The molecule has 0 saturated heterocycles. The first-order valence-corrected chi connectivity index (χ1v) is 7.76. The van der Waals surface area contributed by atoms with E-state index < -0.39 is 0 Å². The van der Waals surface area contributed by atoms with Crippen molar-refractivity contribution in [1.29, 1.82) is 0 Å². The van der Waals surface area contributed by atoms with Crippen LogP contribution in [0.4, 0.5) is 5.69 Å². The molecule has 0 bridgehead atoms. The van der Waals surface area contributed by atoms with Gasteiger partial charge in [0.1, 0.15) is 11.5 Å². The van der Waals surface area contributed by atoms with E-state index in [0.717, 1.165) is 16.8 Å². The van der Waals surface area contributed by atoms with Gasteiger partial charge in [0.25, 0.3) is 5.91 Å². The SMILES string of the molecule is COc1ccc(C(=O)NC(=S)Nc2cc(C)cc(C)c2)c(OC)c1. The zero-order valence-electron chi connectivity index (χ0n) is 14.1. The molecule has 0 aliphatic heterocycles. The van der Waals surface area contributed by atoms with Gasteiger partial charge in [-0.1, -0.05) is 6.07 Å². The fourth-order valence-electron chi connectivity index (χ4n) is 2.37. The quantitative estimate of drug-likeness (QED) is 0.832. The van der Waals surface area contributed by atoms with Crippen molar-refractivity contribution in [3.63, 3.8) is 0 Å². The van der Waals surface area contributed by atoms with E-state index in [1.54, 1.807) is 25.3 Å². The minimum Gasteiger partial charge on any atom is -0.497 e. The number of nitrogens with one attached hydrogen (secondary N) is 2. The molecule has 0 fully saturated rings. The highest BCUT2D eigenvalue weighted by molar-refractivity contribution is 7.80. The largest absolute Gasteiger partial charge is 0.497 e. The number of anilines is 1. The normalized spacial score (nSPS) is 10.0. The summed E-state index contributed by atoms with van der Waals surface area (Å²) in [4.78, 5) is 12.4. The molecule has 24 heavy (non-hydrogen) atoms. The van der Waals surface area contributed by atoms with Crippen LogP contribution in [0.15, 0.2) is 36.4 Å². The molecule has 126 valence electrons. The molecule has 2 N–H and O–H groups in total. The third-order valence-corrected chi connectivity index (χ3v) is 3.56. The van der Waals surface area contributed by atoms with E-state index in [2.05, 4.69) is 16.7 Å². The molecule has 5 nitrogen and oxygen atoms in total. The Labute approximate surface area is 147 Å². The van der Waals surface area contributed by atoms with E-state index in [9.17, 15) is 4.79 Å². The van der Waals surface area contributed by atoms with Crippen molar-refractivity contribution >= 4 is 28.9 Å². The zero-order valence-corrected chi connectivity index (χ0v) is 14.9. The number of rotatable bonds is 4. The molecule has 1 amide bonds. The number of hydrogen-bond donors (Lipinski definition) is 2. The molecule has 0 atom stereocenters. The summed E-state index contributed by atoms with van der Waals surface area (Å²) in [7, 11) is 3.05. The number of carbonyl (C=O) groups is 1. The zero-order chi connectivity index (χ0) is 17.7. The Bertz CT molecular complexity index is 755. The number of carbonyl (C=O) groups excluding carboxylic acids is 1. The Morgan fingerprint density at radius 3 is 2.25 bits per heavy atom. The lowest BCUT2D eigenvalue weighted by molar-refractivity contribution is 0.0974. The first-order chi connectivity index (χ1) is 11.4. The number of methoxy groups -OCH3 is 2. The van der Waals surface area contributed by atoms with E-state index in [1.807, 2.05) is 26.0 Å². The van der Waals surface area contributed by atoms with Crippen LogP contribution in [0, 0.1) is 13.8 Å². The Kier molecular flexibility index (Phi) is 5.76. The van der Waals surface area contributed by atoms with E-state index in [0.29, 0.717) is 17.1 Å². The van der Waals surface area contributed by atoms with Crippen LogP contribution in [0.5, 0.6) is 11.5 Å². The summed E-state index contributed by atoms with van der Waals surface area (Å²) in [5.41, 5.74) is 3.44. The van der Waals surface area contributed by atoms with Gasteiger partial charge in [0.15, 0.2) is 5.11 Å². The molecule has 2 aromatic carbocycles. The number of thiocarbonyl (C=S) groups is 1. The highest BCUT2D eigenvalue weighted by Gasteiger charge is 2.14. The predicted octanol–water partition coefficient (Wildman–Crippen LogP) is 3.45. The lowest BCUT2D eigenvalue weighted by atomic mass is 10.1. The van der Waals surface area contributed by atoms with Crippen LogP contribution in [-0.2, 0) is 0 Å². The van der Waals surface area contributed by atoms with Crippen LogP contribution in [0.1, 0.15) is 21.5 Å². The molecule has 6 heteroatoms. The van der Waals surface area contributed by atoms with E-state index in [4.69, 9.17) is 21.7 Å². The Morgan fingerprint density at radius 1 is 1.00 bits per heavy atom. The highest BCUT2D eigenvalue weighted by atomic mass is 32.1. The molecular formula is C18H20N2O3S. The Hall–Kier alpha value is -2.60. The van der Waals surface area contributed by atoms with Gasteiger partial charge in [0.2, 0.25) is 0 Å². The van der Waals surface area contributed by atoms with Gasteiger partial charge >= 0.3 is 0 Å². The standard InChI is InChI=1S/C18H20N2O3S/c1-11-7-12(2)9-13(8-11)19-18(24)20-17(21)15-6-5-14(22-3)10-16(15)23-4/h5-10H,1-4H3,(H2,19,20,21,24). The van der Waals surface area contributed by atoms with Crippen molar-refractivity contribution in [3.8, 4) is 11.5 Å². The Morgan fingerprint density at radius 2 is 1.67 bits per heavy atom. The lowest BCUT2D eigenvalue weighted by Gasteiger charge is -2.13. The van der Waals surface area contributed by atoms with Gasteiger partial charge in [-0.3, -0.25) is 10.1 Å². The molecule has 0 radical (unpaired) electrons. The van der Waals surface area contributed by atoms with Crippen molar-refractivity contribution in [2.24, 2.45) is 0 Å². The van der Waals surface area contributed by atoms with Crippen LogP contribution in [0.25, 0.3) is 0 Å². The van der Waals surface area contributed by atoms with Gasteiger partial charge in [0, 0.05) is 11.8 Å². The summed E-state index contributed by atoms with van der Waals surface area (Å²) >= 11 is 5.22. The van der Waals surface area contributed by atoms with Gasteiger partial charge in [-0.25, -0.2) is 0 Å². The maximum Gasteiger partial charge on any atom is 0.261 e. The van der Waals surface area contributed by atoms with E-state index >= 15 is 0 Å². The Balaban J connectivity index is 2.10. The smallest absolute Gasteiger partial charge is 0.261 e. The second kappa shape index (κ2) is 7.79. The van der Waals surface area contributed by atoms with Crippen molar-refractivity contribution in [2.45, 2.75) is 13.8 Å².